The molecule has 1 aromatic carbocycles. The molecule has 0 amide bonds. The predicted octanol–water partition coefficient (Wildman–Crippen LogP) is 5.17. The van der Waals surface area contributed by atoms with Crippen LogP contribution in [-0.4, -0.2) is 11.3 Å². The molecule has 1 aromatic heterocycles. The molecule has 0 aliphatic rings. The van der Waals surface area contributed by atoms with Gasteiger partial charge in [0.05, 0.1) is 15.1 Å². The molecule has 0 saturated carbocycles. The van der Waals surface area contributed by atoms with E-state index in [0.29, 0.717) is 37.5 Å². The van der Waals surface area contributed by atoms with Gasteiger partial charge in [0.25, 0.3) is 0 Å². The molecule has 0 radical (unpaired) electrons. The molecule has 2 nitrogen and oxygen atoms in total. The number of aldehydes is 1. The Kier molecular flexibility index (Phi) is 4.13. The fourth-order valence-corrected chi connectivity index (χ4v) is 2.37. The number of benzene rings is 1. The molecule has 2 aromatic rings. The maximum Gasteiger partial charge on any atom is 0.169 e. The van der Waals surface area contributed by atoms with Crippen LogP contribution in [0.25, 0.3) is 11.1 Å². The molecule has 0 aliphatic carbocycles. The maximum absolute atomic E-state index is 11.0. The second-order valence-corrected chi connectivity index (χ2v) is 5.11. The summed E-state index contributed by atoms with van der Waals surface area (Å²) in [4.78, 5) is 14.9. The Morgan fingerprint density at radius 3 is 2.28 bits per heavy atom. The lowest BCUT2D eigenvalue weighted by atomic mass is 10.0. The number of rotatable bonds is 2. The van der Waals surface area contributed by atoms with Crippen LogP contribution in [0.2, 0.25) is 20.1 Å². The van der Waals surface area contributed by atoms with Gasteiger partial charge in [-0.1, -0.05) is 46.4 Å². The number of carbonyl (C=O) groups excluding carboxylic acids is 1. The number of nitrogens with zero attached hydrogens (tertiary/aromatic N) is 1. The van der Waals surface area contributed by atoms with Gasteiger partial charge in [0.1, 0.15) is 5.69 Å². The molecule has 0 N–H and O–H groups in total. The van der Waals surface area contributed by atoms with E-state index in [1.165, 1.54) is 12.3 Å². The summed E-state index contributed by atoms with van der Waals surface area (Å²) in [5, 5.41) is 1.41. The summed E-state index contributed by atoms with van der Waals surface area (Å²) in [6.45, 7) is 0. The maximum atomic E-state index is 11.0. The monoisotopic (exact) mass is 319 g/mol. The van der Waals surface area contributed by atoms with Crippen molar-refractivity contribution < 1.29 is 4.79 Å². The fourth-order valence-electron chi connectivity index (χ4n) is 1.51. The van der Waals surface area contributed by atoms with Crippen molar-refractivity contribution in [2.75, 3.05) is 0 Å². The van der Waals surface area contributed by atoms with Crippen LogP contribution < -0.4 is 0 Å². The van der Waals surface area contributed by atoms with Crippen molar-refractivity contribution in [1.29, 1.82) is 0 Å². The highest BCUT2D eigenvalue weighted by atomic mass is 35.5. The van der Waals surface area contributed by atoms with Gasteiger partial charge >= 0.3 is 0 Å². The van der Waals surface area contributed by atoms with Gasteiger partial charge in [-0.25, -0.2) is 0 Å². The zero-order valence-electron chi connectivity index (χ0n) is 8.75. The Morgan fingerprint density at radius 1 is 0.944 bits per heavy atom. The minimum atomic E-state index is 0.222. The first-order valence-electron chi connectivity index (χ1n) is 4.78. The Labute approximate surface area is 123 Å². The summed E-state index contributed by atoms with van der Waals surface area (Å²) in [5.74, 6) is 0. The van der Waals surface area contributed by atoms with Crippen molar-refractivity contribution in [3.63, 3.8) is 0 Å². The molecular formula is C12H5Cl4NO. The summed E-state index contributed by atoms with van der Waals surface area (Å²) in [6, 6.07) is 4.72. The molecule has 92 valence electrons. The van der Waals surface area contributed by atoms with Crippen LogP contribution in [0.5, 0.6) is 0 Å². The van der Waals surface area contributed by atoms with E-state index in [0.717, 1.165) is 0 Å². The second-order valence-electron chi connectivity index (χ2n) is 3.45. The Morgan fingerprint density at radius 2 is 1.61 bits per heavy atom. The molecule has 6 heteroatoms. The van der Waals surface area contributed by atoms with E-state index in [-0.39, 0.29) is 5.69 Å². The summed E-state index contributed by atoms with van der Waals surface area (Å²) in [5.41, 5.74) is 1.23. The van der Waals surface area contributed by atoms with E-state index >= 15 is 0 Å². The van der Waals surface area contributed by atoms with Gasteiger partial charge < -0.3 is 0 Å². The van der Waals surface area contributed by atoms with Gasteiger partial charge in [-0.15, -0.1) is 0 Å². The molecule has 1 heterocycles. The molecular weight excluding hydrogens is 316 g/mol. The lowest BCUT2D eigenvalue weighted by molar-refractivity contribution is 0.111. The number of carbonyl (C=O) groups is 1. The summed E-state index contributed by atoms with van der Waals surface area (Å²) < 4.78 is 0. The summed E-state index contributed by atoms with van der Waals surface area (Å²) in [7, 11) is 0. The highest BCUT2D eigenvalue weighted by molar-refractivity contribution is 6.45. The van der Waals surface area contributed by atoms with E-state index in [1.54, 1.807) is 12.1 Å². The van der Waals surface area contributed by atoms with E-state index in [4.69, 9.17) is 46.4 Å². The molecule has 0 spiro atoms. The molecule has 0 fully saturated rings. The molecule has 18 heavy (non-hydrogen) atoms. The lowest BCUT2D eigenvalue weighted by Gasteiger charge is -2.09. The highest BCUT2D eigenvalue weighted by Crippen LogP contribution is 2.37. The summed E-state index contributed by atoms with van der Waals surface area (Å²) in [6.07, 6.45) is 2.01. The largest absolute Gasteiger partial charge is 0.296 e. The first kappa shape index (κ1) is 13.6. The van der Waals surface area contributed by atoms with E-state index < -0.39 is 0 Å². The fraction of sp³-hybridized carbons (Fsp3) is 0. The average Bonchev–Trinajstić information content (AvgIpc) is 2.33. The predicted molar refractivity (Wildman–Crippen MR) is 75.1 cm³/mol. The molecule has 0 atom stereocenters. The third-order valence-corrected chi connectivity index (χ3v) is 3.51. The van der Waals surface area contributed by atoms with E-state index in [1.807, 2.05) is 0 Å². The van der Waals surface area contributed by atoms with E-state index in [9.17, 15) is 4.79 Å². The van der Waals surface area contributed by atoms with Crippen molar-refractivity contribution in [3.05, 3.63) is 50.2 Å². The molecule has 0 unspecified atom stereocenters. The quantitative estimate of drug-likeness (QED) is 0.564. The SMILES string of the molecule is O=Cc1ncc(Cl)cc1-c1cc(Cl)cc(Cl)c1Cl. The van der Waals surface area contributed by atoms with Crippen LogP contribution in [-0.2, 0) is 0 Å². The van der Waals surface area contributed by atoms with Crippen molar-refractivity contribution in [2.24, 2.45) is 0 Å². The molecule has 0 saturated heterocycles. The number of hydrogen-bond donors (Lipinski definition) is 0. The van der Waals surface area contributed by atoms with Gasteiger partial charge in [-0.05, 0) is 18.2 Å². The zero-order chi connectivity index (χ0) is 13.3. The van der Waals surface area contributed by atoms with Crippen LogP contribution >= 0.6 is 46.4 Å². The van der Waals surface area contributed by atoms with Crippen LogP contribution in [0.3, 0.4) is 0 Å². The van der Waals surface area contributed by atoms with Gasteiger partial charge in [0.2, 0.25) is 0 Å². The van der Waals surface area contributed by atoms with Crippen LogP contribution in [0.4, 0.5) is 0 Å². The highest BCUT2D eigenvalue weighted by Gasteiger charge is 2.14. The third-order valence-electron chi connectivity index (χ3n) is 2.28. The lowest BCUT2D eigenvalue weighted by Crippen LogP contribution is -1.93. The molecule has 0 aliphatic heterocycles. The normalized spacial score (nSPS) is 10.4. The smallest absolute Gasteiger partial charge is 0.169 e. The minimum Gasteiger partial charge on any atom is -0.296 e. The van der Waals surface area contributed by atoms with Crippen molar-refractivity contribution in [3.8, 4) is 11.1 Å². The topological polar surface area (TPSA) is 30.0 Å². The first-order valence-corrected chi connectivity index (χ1v) is 6.29. The van der Waals surface area contributed by atoms with Gasteiger partial charge in [0, 0.05) is 22.3 Å². The van der Waals surface area contributed by atoms with Gasteiger partial charge in [-0.3, -0.25) is 9.78 Å². The van der Waals surface area contributed by atoms with Crippen molar-refractivity contribution in [2.45, 2.75) is 0 Å². The zero-order valence-corrected chi connectivity index (χ0v) is 11.8. The average molecular weight is 321 g/mol. The number of aromatic nitrogens is 1. The van der Waals surface area contributed by atoms with Gasteiger partial charge in [0.15, 0.2) is 6.29 Å². The first-order chi connectivity index (χ1) is 8.52. The van der Waals surface area contributed by atoms with E-state index in [2.05, 4.69) is 4.98 Å². The van der Waals surface area contributed by atoms with Gasteiger partial charge in [-0.2, -0.15) is 0 Å². The molecule has 2 rings (SSSR count). The second kappa shape index (κ2) is 5.45. The number of pyridine rings is 1. The van der Waals surface area contributed by atoms with Crippen LogP contribution in [0.1, 0.15) is 10.5 Å². The Hall–Kier alpha value is -0.800. The molecule has 0 bridgehead atoms. The Bertz CT molecular complexity index is 628. The number of hydrogen-bond acceptors (Lipinski definition) is 2. The standard InChI is InChI=1S/C12H5Cl4NO/c13-6-1-9(12(16)10(15)3-6)8-2-7(14)4-17-11(8)5-18/h1-5H. The van der Waals surface area contributed by atoms with Crippen molar-refractivity contribution >= 4 is 52.7 Å². The number of halogens is 4. The van der Waals surface area contributed by atoms with Crippen LogP contribution in [0, 0.1) is 0 Å². The van der Waals surface area contributed by atoms with Crippen LogP contribution in [0.15, 0.2) is 24.4 Å². The minimum absolute atomic E-state index is 0.222. The summed E-state index contributed by atoms with van der Waals surface area (Å²) >= 11 is 23.8. The van der Waals surface area contributed by atoms with Crippen molar-refractivity contribution in [1.82, 2.24) is 4.98 Å². The third kappa shape index (κ3) is 2.62. The Balaban J connectivity index is 2.75.